The van der Waals surface area contributed by atoms with E-state index in [1.54, 1.807) is 23.0 Å². The maximum absolute atomic E-state index is 13.1. The maximum atomic E-state index is 13.1. The minimum atomic E-state index is -0.288. The lowest BCUT2D eigenvalue weighted by molar-refractivity contribution is 0.391. The Morgan fingerprint density at radius 3 is 2.79 bits per heavy atom. The van der Waals surface area contributed by atoms with Crippen molar-refractivity contribution in [3.63, 3.8) is 0 Å². The van der Waals surface area contributed by atoms with E-state index in [2.05, 4.69) is 20.2 Å². The molecule has 4 rings (SSSR count). The number of rotatable bonds is 4. The summed E-state index contributed by atoms with van der Waals surface area (Å²) in [4.78, 5) is 8.63. The van der Waals surface area contributed by atoms with Gasteiger partial charge in [-0.05, 0) is 31.2 Å². The van der Waals surface area contributed by atoms with Gasteiger partial charge in [0.05, 0.1) is 28.7 Å². The van der Waals surface area contributed by atoms with Gasteiger partial charge in [0.15, 0.2) is 5.65 Å². The summed E-state index contributed by atoms with van der Waals surface area (Å²) in [6, 6.07) is 8.01. The Morgan fingerprint density at radius 2 is 2.04 bits per heavy atom. The highest BCUT2D eigenvalue weighted by Crippen LogP contribution is 2.28. The number of nitrogens with zero attached hydrogens (tertiary/aromatic N) is 5. The van der Waals surface area contributed by atoms with Gasteiger partial charge in [0, 0.05) is 6.07 Å². The van der Waals surface area contributed by atoms with E-state index in [1.165, 1.54) is 30.2 Å². The Hall–Kier alpha value is -2.74. The summed E-state index contributed by atoms with van der Waals surface area (Å²) in [7, 11) is 0. The van der Waals surface area contributed by atoms with E-state index in [0.29, 0.717) is 11.4 Å². The molecule has 0 saturated heterocycles. The summed E-state index contributed by atoms with van der Waals surface area (Å²) >= 11 is 1.53. The van der Waals surface area contributed by atoms with Crippen LogP contribution in [0.3, 0.4) is 0 Å². The molecule has 6 nitrogen and oxygen atoms in total. The van der Waals surface area contributed by atoms with Crippen molar-refractivity contribution >= 4 is 22.8 Å². The lowest BCUT2D eigenvalue weighted by atomic mass is 10.3. The Bertz CT molecular complexity index is 995. The summed E-state index contributed by atoms with van der Waals surface area (Å²) in [6.45, 7) is 1.88. The molecule has 0 saturated carbocycles. The number of aromatic nitrogens is 5. The van der Waals surface area contributed by atoms with Crippen LogP contribution in [0, 0.1) is 12.7 Å². The number of hydrogen-bond donors (Lipinski definition) is 0. The smallest absolute Gasteiger partial charge is 0.167 e. The standard InChI is InChI=1S/C16H12FN5OS/c1-10-6-13(23-21-10)8-24-16-14-7-20-22(15(14)18-9-19-16)12-4-2-11(17)3-5-12/h2-7,9H,8H2,1H3. The molecule has 120 valence electrons. The van der Waals surface area contributed by atoms with E-state index in [1.807, 2.05) is 13.0 Å². The molecule has 0 N–H and O–H groups in total. The van der Waals surface area contributed by atoms with E-state index < -0.39 is 0 Å². The first-order chi connectivity index (χ1) is 11.7. The Morgan fingerprint density at radius 1 is 1.21 bits per heavy atom. The van der Waals surface area contributed by atoms with Gasteiger partial charge in [0.25, 0.3) is 0 Å². The van der Waals surface area contributed by atoms with Gasteiger partial charge in [-0.25, -0.2) is 19.0 Å². The van der Waals surface area contributed by atoms with Crippen LogP contribution in [0.2, 0.25) is 0 Å². The Balaban J connectivity index is 1.67. The van der Waals surface area contributed by atoms with Gasteiger partial charge in [0.2, 0.25) is 0 Å². The second kappa shape index (κ2) is 6.04. The molecule has 0 atom stereocenters. The SMILES string of the molecule is Cc1cc(CSc2ncnc3c2cnn3-c2ccc(F)cc2)on1. The zero-order chi connectivity index (χ0) is 16.5. The highest BCUT2D eigenvalue weighted by molar-refractivity contribution is 7.98. The molecule has 3 heterocycles. The van der Waals surface area contributed by atoms with Gasteiger partial charge >= 0.3 is 0 Å². The quantitative estimate of drug-likeness (QED) is 0.418. The van der Waals surface area contributed by atoms with Crippen molar-refractivity contribution in [2.75, 3.05) is 0 Å². The maximum Gasteiger partial charge on any atom is 0.167 e. The largest absolute Gasteiger partial charge is 0.360 e. The second-order valence-corrected chi connectivity index (χ2v) is 6.14. The average Bonchev–Trinajstić information content (AvgIpc) is 3.20. The zero-order valence-electron chi connectivity index (χ0n) is 12.7. The number of hydrogen-bond acceptors (Lipinski definition) is 6. The molecule has 24 heavy (non-hydrogen) atoms. The summed E-state index contributed by atoms with van der Waals surface area (Å²) in [5.41, 5.74) is 2.27. The third kappa shape index (κ3) is 2.76. The van der Waals surface area contributed by atoms with E-state index in [-0.39, 0.29) is 5.82 Å². The first kappa shape index (κ1) is 14.8. The monoisotopic (exact) mass is 341 g/mol. The van der Waals surface area contributed by atoms with E-state index in [4.69, 9.17) is 4.52 Å². The van der Waals surface area contributed by atoms with E-state index in [0.717, 1.165) is 27.6 Å². The average molecular weight is 341 g/mol. The van der Waals surface area contributed by atoms with Gasteiger partial charge in [-0.1, -0.05) is 16.9 Å². The number of aryl methyl sites for hydroxylation is 1. The number of benzene rings is 1. The van der Waals surface area contributed by atoms with Crippen molar-refractivity contribution in [3.05, 3.63) is 60.1 Å². The van der Waals surface area contributed by atoms with Crippen molar-refractivity contribution in [1.29, 1.82) is 0 Å². The molecule has 0 aliphatic rings. The Labute approximate surface area is 140 Å². The summed E-state index contributed by atoms with van der Waals surface area (Å²) in [6.07, 6.45) is 3.21. The molecule has 0 aliphatic carbocycles. The molecule has 0 spiro atoms. The number of fused-ring (bicyclic) bond motifs is 1. The topological polar surface area (TPSA) is 69.6 Å². The van der Waals surface area contributed by atoms with Crippen molar-refractivity contribution in [2.45, 2.75) is 17.7 Å². The predicted molar refractivity (Wildman–Crippen MR) is 87.4 cm³/mol. The van der Waals surface area contributed by atoms with Crippen molar-refractivity contribution in [1.82, 2.24) is 24.9 Å². The third-order valence-corrected chi connectivity index (χ3v) is 4.46. The van der Waals surface area contributed by atoms with Crippen LogP contribution in [0.5, 0.6) is 0 Å². The molecule has 0 unspecified atom stereocenters. The molecule has 0 amide bonds. The van der Waals surface area contributed by atoms with Crippen LogP contribution in [-0.4, -0.2) is 24.9 Å². The molecule has 1 aromatic carbocycles. The molecule has 3 aromatic heterocycles. The zero-order valence-corrected chi connectivity index (χ0v) is 13.5. The summed E-state index contributed by atoms with van der Waals surface area (Å²) in [5.74, 6) is 1.12. The van der Waals surface area contributed by atoms with E-state index >= 15 is 0 Å². The minimum Gasteiger partial charge on any atom is -0.360 e. The molecule has 0 fully saturated rings. The molecule has 4 aromatic rings. The third-order valence-electron chi connectivity index (χ3n) is 3.43. The van der Waals surface area contributed by atoms with Gasteiger partial charge in [-0.15, -0.1) is 0 Å². The fourth-order valence-electron chi connectivity index (χ4n) is 2.33. The van der Waals surface area contributed by atoms with Crippen molar-refractivity contribution < 1.29 is 8.91 Å². The van der Waals surface area contributed by atoms with Crippen LogP contribution in [0.15, 0.2) is 52.4 Å². The van der Waals surface area contributed by atoms with E-state index in [9.17, 15) is 4.39 Å². The predicted octanol–water partition coefficient (Wildman–Crippen LogP) is 3.54. The fraction of sp³-hybridized carbons (Fsp3) is 0.125. The first-order valence-corrected chi connectivity index (χ1v) is 8.19. The number of thioether (sulfide) groups is 1. The first-order valence-electron chi connectivity index (χ1n) is 7.20. The van der Waals surface area contributed by atoms with Crippen LogP contribution in [-0.2, 0) is 5.75 Å². The summed E-state index contributed by atoms with van der Waals surface area (Å²) in [5, 5.41) is 9.88. The van der Waals surface area contributed by atoms with Gasteiger partial charge in [-0.3, -0.25) is 0 Å². The highest BCUT2D eigenvalue weighted by Gasteiger charge is 2.12. The number of halogens is 1. The van der Waals surface area contributed by atoms with Crippen LogP contribution in [0.1, 0.15) is 11.5 Å². The van der Waals surface area contributed by atoms with Crippen LogP contribution < -0.4 is 0 Å². The normalized spacial score (nSPS) is 11.2. The lowest BCUT2D eigenvalue weighted by Gasteiger charge is -2.03. The molecule has 8 heteroatoms. The molecule has 0 aliphatic heterocycles. The molecule has 0 bridgehead atoms. The van der Waals surface area contributed by atoms with Crippen molar-refractivity contribution in [2.24, 2.45) is 0 Å². The van der Waals surface area contributed by atoms with Crippen LogP contribution in [0.25, 0.3) is 16.7 Å². The minimum absolute atomic E-state index is 0.288. The van der Waals surface area contributed by atoms with Gasteiger partial charge in [0.1, 0.15) is 22.9 Å². The highest BCUT2D eigenvalue weighted by atomic mass is 32.2. The second-order valence-electron chi connectivity index (χ2n) is 5.17. The lowest BCUT2D eigenvalue weighted by Crippen LogP contribution is -1.98. The van der Waals surface area contributed by atoms with Gasteiger partial charge < -0.3 is 4.52 Å². The van der Waals surface area contributed by atoms with Crippen LogP contribution >= 0.6 is 11.8 Å². The summed E-state index contributed by atoms with van der Waals surface area (Å²) < 4.78 is 20.0. The Kier molecular flexibility index (Phi) is 3.73. The van der Waals surface area contributed by atoms with Crippen molar-refractivity contribution in [3.8, 4) is 5.69 Å². The fourth-order valence-corrected chi connectivity index (χ4v) is 3.17. The molecule has 0 radical (unpaired) electrons. The molecular formula is C16H12FN5OS. The van der Waals surface area contributed by atoms with Crippen LogP contribution in [0.4, 0.5) is 4.39 Å². The molecular weight excluding hydrogens is 329 g/mol. The van der Waals surface area contributed by atoms with Gasteiger partial charge in [-0.2, -0.15) is 5.10 Å².